The fourth-order valence-electron chi connectivity index (χ4n) is 1.31. The average Bonchev–Trinajstić information content (AvgIpc) is 2.63. The number of rotatable bonds is 2. The zero-order valence-electron chi connectivity index (χ0n) is 8.21. The molecule has 0 fully saturated rings. The normalized spacial score (nSPS) is 11.0. The second-order valence-corrected chi connectivity index (χ2v) is 2.93. The molecule has 15 heavy (non-hydrogen) atoms. The summed E-state index contributed by atoms with van der Waals surface area (Å²) in [4.78, 5) is 11.7. The molecule has 0 bridgehead atoms. The van der Waals surface area contributed by atoms with E-state index in [0.717, 1.165) is 5.69 Å². The fourth-order valence-corrected chi connectivity index (χ4v) is 1.31. The number of azo groups is 1. The van der Waals surface area contributed by atoms with Crippen molar-refractivity contribution in [3.63, 3.8) is 0 Å². The van der Waals surface area contributed by atoms with Gasteiger partial charge in [-0.3, -0.25) is 9.89 Å². The van der Waals surface area contributed by atoms with Crippen LogP contribution in [0.1, 0.15) is 0 Å². The van der Waals surface area contributed by atoms with Gasteiger partial charge in [0.15, 0.2) is 5.69 Å². The van der Waals surface area contributed by atoms with Crippen LogP contribution in [0.25, 0.3) is 5.69 Å². The Labute approximate surface area is 86.1 Å². The topological polar surface area (TPSA) is 62.5 Å². The molecule has 2 rings (SSSR count). The highest BCUT2D eigenvalue weighted by Gasteiger charge is 2.05. The number of para-hydroxylation sites is 1. The van der Waals surface area contributed by atoms with Gasteiger partial charge >= 0.3 is 0 Å². The Morgan fingerprint density at radius 1 is 1.27 bits per heavy atom. The zero-order valence-corrected chi connectivity index (χ0v) is 8.21. The number of hydrogen-bond acceptors (Lipinski definition) is 3. The summed E-state index contributed by atoms with van der Waals surface area (Å²) in [7, 11) is 1.53. The van der Waals surface area contributed by atoms with Crippen LogP contribution in [0.4, 0.5) is 5.69 Å². The molecule has 0 unspecified atom stereocenters. The maximum atomic E-state index is 11.7. The summed E-state index contributed by atoms with van der Waals surface area (Å²) in [6.07, 6.45) is 1.53. The van der Waals surface area contributed by atoms with Gasteiger partial charge in [0.05, 0.1) is 11.9 Å². The quantitative estimate of drug-likeness (QED) is 0.742. The number of benzene rings is 1. The summed E-state index contributed by atoms with van der Waals surface area (Å²) in [5.41, 5.74) is 0.883. The summed E-state index contributed by atoms with van der Waals surface area (Å²) < 4.78 is 1.42. The first kappa shape index (κ1) is 9.39. The van der Waals surface area contributed by atoms with Crippen molar-refractivity contribution in [3.05, 3.63) is 46.9 Å². The molecule has 1 heterocycles. The van der Waals surface area contributed by atoms with E-state index in [4.69, 9.17) is 0 Å². The molecular weight excluding hydrogens is 192 g/mol. The number of nitrogens with one attached hydrogen (secondary N) is 1. The molecule has 0 aliphatic heterocycles. The van der Waals surface area contributed by atoms with Crippen molar-refractivity contribution in [2.45, 2.75) is 0 Å². The van der Waals surface area contributed by atoms with Gasteiger partial charge < -0.3 is 0 Å². The zero-order chi connectivity index (χ0) is 10.7. The Hall–Kier alpha value is -2.17. The molecule has 0 atom stereocenters. The van der Waals surface area contributed by atoms with Crippen LogP contribution in [0.2, 0.25) is 0 Å². The molecule has 0 spiro atoms. The van der Waals surface area contributed by atoms with Crippen molar-refractivity contribution in [2.75, 3.05) is 7.05 Å². The van der Waals surface area contributed by atoms with Crippen LogP contribution in [0.5, 0.6) is 0 Å². The van der Waals surface area contributed by atoms with Crippen molar-refractivity contribution >= 4 is 5.69 Å². The van der Waals surface area contributed by atoms with Crippen LogP contribution in [-0.4, -0.2) is 16.8 Å². The van der Waals surface area contributed by atoms with E-state index in [1.54, 1.807) is 0 Å². The first-order chi connectivity index (χ1) is 7.33. The van der Waals surface area contributed by atoms with Gasteiger partial charge in [0, 0.05) is 7.05 Å². The molecule has 76 valence electrons. The smallest absolute Gasteiger partial charge is 0.296 e. The summed E-state index contributed by atoms with van der Waals surface area (Å²) in [5, 5.41) is 10.1. The van der Waals surface area contributed by atoms with Gasteiger partial charge in [-0.1, -0.05) is 18.2 Å². The maximum Gasteiger partial charge on any atom is 0.298 e. The standard InChI is InChI=1S/C10H10N4O/c1-11-13-9-7-12-14(10(9)15)8-5-3-2-4-6-8/h2-7,12H,1H3. The second-order valence-electron chi connectivity index (χ2n) is 2.93. The van der Waals surface area contributed by atoms with Gasteiger partial charge in [-0.2, -0.15) is 5.11 Å². The molecule has 0 saturated carbocycles. The SMILES string of the molecule is CN=Nc1c[nH]n(-c2ccccc2)c1=O. The Kier molecular flexibility index (Phi) is 2.45. The Morgan fingerprint density at radius 3 is 2.67 bits per heavy atom. The molecular formula is C10H10N4O. The summed E-state index contributed by atoms with van der Waals surface area (Å²) in [6, 6.07) is 9.30. The van der Waals surface area contributed by atoms with Crippen molar-refractivity contribution in [3.8, 4) is 5.69 Å². The summed E-state index contributed by atoms with van der Waals surface area (Å²) in [6.45, 7) is 0. The Balaban J connectivity index is 2.52. The lowest BCUT2D eigenvalue weighted by molar-refractivity contribution is 0.849. The van der Waals surface area contributed by atoms with Crippen molar-refractivity contribution in [1.82, 2.24) is 9.78 Å². The second kappa shape index (κ2) is 3.91. The van der Waals surface area contributed by atoms with Crippen molar-refractivity contribution in [2.24, 2.45) is 10.2 Å². The van der Waals surface area contributed by atoms with Crippen LogP contribution < -0.4 is 5.56 Å². The lowest BCUT2D eigenvalue weighted by Crippen LogP contribution is -2.13. The van der Waals surface area contributed by atoms with E-state index in [-0.39, 0.29) is 5.56 Å². The van der Waals surface area contributed by atoms with Gasteiger partial charge in [-0.05, 0) is 12.1 Å². The van der Waals surface area contributed by atoms with Crippen LogP contribution in [-0.2, 0) is 0 Å². The lowest BCUT2D eigenvalue weighted by atomic mass is 10.3. The predicted octanol–water partition coefficient (Wildman–Crippen LogP) is 1.88. The van der Waals surface area contributed by atoms with Crippen LogP contribution in [0.3, 0.4) is 0 Å². The van der Waals surface area contributed by atoms with E-state index >= 15 is 0 Å². The van der Waals surface area contributed by atoms with Crippen molar-refractivity contribution < 1.29 is 0 Å². The number of H-pyrrole nitrogens is 1. The molecule has 0 saturated heterocycles. The summed E-state index contributed by atoms with van der Waals surface area (Å²) in [5.74, 6) is 0. The minimum atomic E-state index is -0.202. The van der Waals surface area contributed by atoms with E-state index in [0.29, 0.717) is 5.69 Å². The minimum Gasteiger partial charge on any atom is -0.296 e. The van der Waals surface area contributed by atoms with Gasteiger partial charge in [-0.25, -0.2) is 4.68 Å². The third-order valence-corrected chi connectivity index (χ3v) is 1.97. The molecule has 1 aromatic heterocycles. The molecule has 5 nitrogen and oxygen atoms in total. The fraction of sp³-hybridized carbons (Fsp3) is 0.100. The minimum absolute atomic E-state index is 0.202. The third-order valence-electron chi connectivity index (χ3n) is 1.97. The maximum absolute atomic E-state index is 11.7. The van der Waals surface area contributed by atoms with Gasteiger partial charge in [0.2, 0.25) is 0 Å². The van der Waals surface area contributed by atoms with Crippen molar-refractivity contribution in [1.29, 1.82) is 0 Å². The molecule has 5 heteroatoms. The third kappa shape index (κ3) is 1.71. The van der Waals surface area contributed by atoms with Gasteiger partial charge in [0.25, 0.3) is 5.56 Å². The van der Waals surface area contributed by atoms with Gasteiger partial charge in [-0.15, -0.1) is 5.11 Å². The molecule has 1 aromatic carbocycles. The average molecular weight is 202 g/mol. The van der Waals surface area contributed by atoms with Gasteiger partial charge in [0.1, 0.15) is 0 Å². The lowest BCUT2D eigenvalue weighted by Gasteiger charge is -1.98. The molecule has 0 aliphatic rings. The van der Waals surface area contributed by atoms with Crippen LogP contribution >= 0.6 is 0 Å². The number of aromatic nitrogens is 2. The summed E-state index contributed by atoms with van der Waals surface area (Å²) >= 11 is 0. The largest absolute Gasteiger partial charge is 0.298 e. The van der Waals surface area contributed by atoms with E-state index in [1.807, 2.05) is 30.3 Å². The highest BCUT2D eigenvalue weighted by molar-refractivity contribution is 5.37. The first-order valence-corrected chi connectivity index (χ1v) is 4.48. The molecule has 1 N–H and O–H groups in total. The number of nitrogens with zero attached hydrogens (tertiary/aromatic N) is 3. The van der Waals surface area contributed by atoms with Crippen LogP contribution in [0.15, 0.2) is 51.6 Å². The van der Waals surface area contributed by atoms with Crippen LogP contribution in [0, 0.1) is 0 Å². The molecule has 0 radical (unpaired) electrons. The van der Waals surface area contributed by atoms with E-state index in [1.165, 1.54) is 17.9 Å². The number of aromatic amines is 1. The number of hydrogen-bond donors (Lipinski definition) is 1. The van der Waals surface area contributed by atoms with E-state index in [9.17, 15) is 4.79 Å². The highest BCUT2D eigenvalue weighted by Crippen LogP contribution is 2.07. The Bertz CT molecular complexity index is 524. The monoisotopic (exact) mass is 202 g/mol. The first-order valence-electron chi connectivity index (χ1n) is 4.48. The highest BCUT2D eigenvalue weighted by atomic mass is 16.1. The van der Waals surface area contributed by atoms with E-state index in [2.05, 4.69) is 15.3 Å². The predicted molar refractivity (Wildman–Crippen MR) is 56.8 cm³/mol. The van der Waals surface area contributed by atoms with E-state index < -0.39 is 0 Å². The molecule has 0 amide bonds. The molecule has 0 aliphatic carbocycles. The Morgan fingerprint density at radius 2 is 2.00 bits per heavy atom. The molecule has 2 aromatic rings.